The quantitative estimate of drug-likeness (QED) is 0.757. The zero-order chi connectivity index (χ0) is 12.6. The molecule has 1 saturated carbocycles. The first-order valence-electron chi connectivity index (χ1n) is 6.82. The van der Waals surface area contributed by atoms with Crippen molar-refractivity contribution >= 4 is 17.5 Å². The average molecular weight is 255 g/mol. The number of ketones is 1. The standard InChI is InChI=1S/C14H25NOS/c1-10-11(2)17-8-7-15(10)9-12-5-6-14(3,4)13(12)16/h10-12H,5-9H2,1-4H3. The van der Waals surface area contributed by atoms with E-state index in [0.717, 1.165) is 25.9 Å². The number of hydrogen-bond acceptors (Lipinski definition) is 3. The summed E-state index contributed by atoms with van der Waals surface area (Å²) >= 11 is 2.06. The maximum absolute atomic E-state index is 12.3. The molecule has 3 atom stereocenters. The number of thioether (sulfide) groups is 1. The maximum atomic E-state index is 12.3. The van der Waals surface area contributed by atoms with E-state index < -0.39 is 0 Å². The van der Waals surface area contributed by atoms with Crippen molar-refractivity contribution in [2.45, 2.75) is 51.8 Å². The van der Waals surface area contributed by atoms with Crippen LogP contribution in [0.15, 0.2) is 0 Å². The summed E-state index contributed by atoms with van der Waals surface area (Å²) in [6.07, 6.45) is 2.17. The minimum absolute atomic E-state index is 0.0654. The van der Waals surface area contributed by atoms with E-state index >= 15 is 0 Å². The highest BCUT2D eigenvalue weighted by atomic mass is 32.2. The van der Waals surface area contributed by atoms with Gasteiger partial charge in [-0.3, -0.25) is 9.69 Å². The van der Waals surface area contributed by atoms with Gasteiger partial charge in [0.1, 0.15) is 5.78 Å². The lowest BCUT2D eigenvalue weighted by atomic mass is 9.89. The van der Waals surface area contributed by atoms with Crippen LogP contribution in [-0.4, -0.2) is 40.8 Å². The van der Waals surface area contributed by atoms with Crippen molar-refractivity contribution in [2.75, 3.05) is 18.8 Å². The molecule has 2 fully saturated rings. The molecule has 2 rings (SSSR count). The SMILES string of the molecule is CC1SCCN(CC2CCC(C)(C)C2=O)C1C. The highest BCUT2D eigenvalue weighted by Crippen LogP contribution is 2.38. The molecule has 0 radical (unpaired) electrons. The first-order valence-corrected chi connectivity index (χ1v) is 7.86. The topological polar surface area (TPSA) is 20.3 Å². The van der Waals surface area contributed by atoms with Crippen LogP contribution in [-0.2, 0) is 4.79 Å². The molecule has 0 amide bonds. The lowest BCUT2D eigenvalue weighted by Crippen LogP contribution is -2.47. The summed E-state index contributed by atoms with van der Waals surface area (Å²) in [6, 6.07) is 0.616. The molecule has 0 N–H and O–H groups in total. The molecule has 0 spiro atoms. The molecule has 1 saturated heterocycles. The van der Waals surface area contributed by atoms with Crippen LogP contribution in [0.5, 0.6) is 0 Å². The van der Waals surface area contributed by atoms with Gasteiger partial charge in [0.05, 0.1) is 0 Å². The molecule has 0 aromatic carbocycles. The predicted octanol–water partition coefficient (Wildman–Crippen LogP) is 2.82. The molecule has 1 heterocycles. The van der Waals surface area contributed by atoms with Crippen LogP contribution in [0, 0.1) is 11.3 Å². The molecule has 3 heteroatoms. The molecule has 0 aromatic rings. The molecule has 17 heavy (non-hydrogen) atoms. The maximum Gasteiger partial charge on any atom is 0.142 e. The highest BCUT2D eigenvalue weighted by Gasteiger charge is 2.41. The number of hydrogen-bond donors (Lipinski definition) is 0. The van der Waals surface area contributed by atoms with Gasteiger partial charge in [-0.15, -0.1) is 0 Å². The Balaban J connectivity index is 1.95. The van der Waals surface area contributed by atoms with Crippen molar-refractivity contribution in [3.05, 3.63) is 0 Å². The van der Waals surface area contributed by atoms with Crippen LogP contribution in [0.4, 0.5) is 0 Å². The number of rotatable bonds is 2. The van der Waals surface area contributed by atoms with Gasteiger partial charge in [-0.05, 0) is 19.8 Å². The zero-order valence-corrected chi connectivity index (χ0v) is 12.3. The Bertz CT molecular complexity index is 303. The average Bonchev–Trinajstić information content (AvgIpc) is 2.52. The number of Topliss-reactive ketones (excluding diaryl/α,β-unsaturated/α-hetero) is 1. The molecule has 2 nitrogen and oxygen atoms in total. The van der Waals surface area contributed by atoms with Gasteiger partial charge in [0, 0.05) is 41.5 Å². The van der Waals surface area contributed by atoms with Crippen molar-refractivity contribution in [3.63, 3.8) is 0 Å². The summed E-state index contributed by atoms with van der Waals surface area (Å²) in [4.78, 5) is 14.8. The molecule has 98 valence electrons. The van der Waals surface area contributed by atoms with Crippen molar-refractivity contribution in [3.8, 4) is 0 Å². The molecule has 3 unspecified atom stereocenters. The third kappa shape index (κ3) is 2.70. The van der Waals surface area contributed by atoms with Gasteiger partial charge < -0.3 is 0 Å². The normalized spacial score (nSPS) is 38.6. The van der Waals surface area contributed by atoms with Gasteiger partial charge in [-0.25, -0.2) is 0 Å². The van der Waals surface area contributed by atoms with Gasteiger partial charge in [0.25, 0.3) is 0 Å². The minimum Gasteiger partial charge on any atom is -0.299 e. The Hall–Kier alpha value is -0.0200. The summed E-state index contributed by atoms with van der Waals surface area (Å²) < 4.78 is 0. The molecule has 0 aromatic heterocycles. The second kappa shape index (κ2) is 4.93. The summed E-state index contributed by atoms with van der Waals surface area (Å²) in [5, 5.41) is 0.702. The Morgan fingerprint density at radius 2 is 2.12 bits per heavy atom. The van der Waals surface area contributed by atoms with Crippen LogP contribution in [0.3, 0.4) is 0 Å². The summed E-state index contributed by atoms with van der Waals surface area (Å²) in [5.74, 6) is 2.01. The Morgan fingerprint density at radius 3 is 2.71 bits per heavy atom. The van der Waals surface area contributed by atoms with Gasteiger partial charge in [0.15, 0.2) is 0 Å². The van der Waals surface area contributed by atoms with Crippen LogP contribution < -0.4 is 0 Å². The van der Waals surface area contributed by atoms with Crippen molar-refractivity contribution in [1.82, 2.24) is 4.90 Å². The predicted molar refractivity (Wildman–Crippen MR) is 74.5 cm³/mol. The zero-order valence-electron chi connectivity index (χ0n) is 11.5. The second-order valence-corrected chi connectivity index (χ2v) is 7.78. The Labute approximate surface area is 110 Å². The fourth-order valence-electron chi connectivity index (χ4n) is 3.05. The summed E-state index contributed by atoms with van der Waals surface area (Å²) in [7, 11) is 0. The van der Waals surface area contributed by atoms with Crippen molar-refractivity contribution in [1.29, 1.82) is 0 Å². The molecule has 1 aliphatic heterocycles. The molecule has 1 aliphatic carbocycles. The van der Waals surface area contributed by atoms with Gasteiger partial charge in [0.2, 0.25) is 0 Å². The third-order valence-corrected chi connectivity index (χ3v) is 5.96. The van der Waals surface area contributed by atoms with Crippen LogP contribution in [0.25, 0.3) is 0 Å². The fourth-order valence-corrected chi connectivity index (χ4v) is 4.21. The lowest BCUT2D eigenvalue weighted by molar-refractivity contribution is -0.128. The fraction of sp³-hybridized carbons (Fsp3) is 0.929. The van der Waals surface area contributed by atoms with Crippen molar-refractivity contribution < 1.29 is 4.79 Å². The van der Waals surface area contributed by atoms with E-state index in [1.165, 1.54) is 5.75 Å². The largest absolute Gasteiger partial charge is 0.299 e. The lowest BCUT2D eigenvalue weighted by Gasteiger charge is -2.38. The van der Waals surface area contributed by atoms with E-state index in [0.29, 0.717) is 23.0 Å². The molecule has 0 bridgehead atoms. The molecule has 2 aliphatic rings. The summed E-state index contributed by atoms with van der Waals surface area (Å²) in [5.41, 5.74) is -0.0654. The van der Waals surface area contributed by atoms with Crippen LogP contribution in [0.1, 0.15) is 40.5 Å². The first-order chi connectivity index (χ1) is 7.92. The number of carbonyl (C=O) groups is 1. The third-order valence-electron chi connectivity index (χ3n) is 4.63. The Kier molecular flexibility index (Phi) is 3.89. The van der Waals surface area contributed by atoms with E-state index in [2.05, 4.69) is 44.4 Å². The number of carbonyl (C=O) groups excluding carboxylic acids is 1. The molecular formula is C14H25NOS. The smallest absolute Gasteiger partial charge is 0.142 e. The van der Waals surface area contributed by atoms with Crippen molar-refractivity contribution in [2.24, 2.45) is 11.3 Å². The van der Waals surface area contributed by atoms with E-state index in [4.69, 9.17) is 0 Å². The van der Waals surface area contributed by atoms with Gasteiger partial charge >= 0.3 is 0 Å². The van der Waals surface area contributed by atoms with E-state index in [1.807, 2.05) is 0 Å². The Morgan fingerprint density at radius 1 is 1.41 bits per heavy atom. The van der Waals surface area contributed by atoms with E-state index in [-0.39, 0.29) is 5.41 Å². The van der Waals surface area contributed by atoms with Gasteiger partial charge in [-0.2, -0.15) is 11.8 Å². The van der Waals surface area contributed by atoms with E-state index in [1.54, 1.807) is 0 Å². The summed E-state index contributed by atoms with van der Waals surface area (Å²) in [6.45, 7) is 11.0. The van der Waals surface area contributed by atoms with Crippen LogP contribution >= 0.6 is 11.8 Å². The van der Waals surface area contributed by atoms with Crippen LogP contribution in [0.2, 0.25) is 0 Å². The molecular weight excluding hydrogens is 230 g/mol. The minimum atomic E-state index is -0.0654. The monoisotopic (exact) mass is 255 g/mol. The number of nitrogens with zero attached hydrogens (tertiary/aromatic N) is 1. The van der Waals surface area contributed by atoms with E-state index in [9.17, 15) is 4.79 Å². The highest BCUT2D eigenvalue weighted by molar-refractivity contribution is 8.00. The second-order valence-electron chi connectivity index (χ2n) is 6.30. The van der Waals surface area contributed by atoms with Gasteiger partial charge in [-0.1, -0.05) is 20.8 Å². The first kappa shape index (κ1) is 13.4.